The molecule has 1 fully saturated rings. The maximum absolute atomic E-state index is 11.3. The average Bonchev–Trinajstić information content (AvgIpc) is 2.45. The van der Waals surface area contributed by atoms with Crippen LogP contribution in [0.5, 0.6) is 5.75 Å². The molecule has 1 saturated heterocycles. The Hall–Kier alpha value is -1.75. The highest BCUT2D eigenvalue weighted by atomic mass is 16.5. The highest BCUT2D eigenvalue weighted by Crippen LogP contribution is 2.38. The van der Waals surface area contributed by atoms with Crippen molar-refractivity contribution < 1.29 is 19.4 Å². The van der Waals surface area contributed by atoms with Gasteiger partial charge in [-0.2, -0.15) is 0 Å². The van der Waals surface area contributed by atoms with E-state index in [0.29, 0.717) is 18.4 Å². The molecule has 5 heteroatoms. The van der Waals surface area contributed by atoms with Crippen molar-refractivity contribution in [2.75, 3.05) is 24.7 Å². The number of hydrogen-bond acceptors (Lipinski definition) is 4. The highest BCUT2D eigenvalue weighted by Gasteiger charge is 2.31. The van der Waals surface area contributed by atoms with Gasteiger partial charge >= 0.3 is 5.97 Å². The number of carboxylic acids is 1. The molecular formula is C15H19NO4. The topological polar surface area (TPSA) is 59.0 Å². The van der Waals surface area contributed by atoms with E-state index in [-0.39, 0.29) is 11.7 Å². The number of benzene rings is 1. The van der Waals surface area contributed by atoms with Crippen LogP contribution in [0.2, 0.25) is 0 Å². The van der Waals surface area contributed by atoms with E-state index in [1.165, 1.54) is 0 Å². The molecular weight excluding hydrogens is 258 g/mol. The van der Waals surface area contributed by atoms with E-state index in [0.717, 1.165) is 31.7 Å². The van der Waals surface area contributed by atoms with Crippen molar-refractivity contribution in [2.45, 2.75) is 31.9 Å². The number of anilines is 1. The quantitative estimate of drug-likeness (QED) is 0.897. The number of hydrogen-bond donors (Lipinski definition) is 1. The van der Waals surface area contributed by atoms with Crippen LogP contribution in [-0.2, 0) is 4.74 Å². The van der Waals surface area contributed by atoms with Crippen molar-refractivity contribution in [2.24, 2.45) is 0 Å². The third kappa shape index (κ3) is 2.33. The van der Waals surface area contributed by atoms with Crippen LogP contribution in [0.15, 0.2) is 18.2 Å². The van der Waals surface area contributed by atoms with Gasteiger partial charge in [0, 0.05) is 12.6 Å². The van der Waals surface area contributed by atoms with Gasteiger partial charge in [-0.1, -0.05) is 6.07 Å². The maximum Gasteiger partial charge on any atom is 0.339 e. The molecule has 0 spiro atoms. The number of rotatable bonds is 2. The second-order valence-electron chi connectivity index (χ2n) is 5.36. The van der Waals surface area contributed by atoms with Gasteiger partial charge in [0.2, 0.25) is 0 Å². The predicted octanol–water partition coefficient (Wildman–Crippen LogP) is 2.15. The van der Waals surface area contributed by atoms with Crippen LogP contribution < -0.4 is 9.64 Å². The molecule has 20 heavy (non-hydrogen) atoms. The van der Waals surface area contributed by atoms with Gasteiger partial charge in [0.05, 0.1) is 18.3 Å². The van der Waals surface area contributed by atoms with E-state index < -0.39 is 5.97 Å². The molecule has 0 saturated carbocycles. The molecule has 0 radical (unpaired) electrons. The zero-order valence-corrected chi connectivity index (χ0v) is 11.5. The Kier molecular flexibility index (Phi) is 3.53. The van der Waals surface area contributed by atoms with Crippen LogP contribution in [0.3, 0.4) is 0 Å². The van der Waals surface area contributed by atoms with Crippen LogP contribution >= 0.6 is 0 Å². The molecule has 1 N–H and O–H groups in total. The molecule has 0 aromatic heterocycles. The Morgan fingerprint density at radius 3 is 3.00 bits per heavy atom. The Balaban J connectivity index is 1.93. The van der Waals surface area contributed by atoms with E-state index in [4.69, 9.17) is 9.47 Å². The Bertz CT molecular complexity index is 517. The largest absolute Gasteiger partial charge is 0.489 e. The fraction of sp³-hybridized carbons (Fsp3) is 0.533. The fourth-order valence-electron chi connectivity index (χ4n) is 3.07. The second-order valence-corrected chi connectivity index (χ2v) is 5.36. The van der Waals surface area contributed by atoms with Crippen molar-refractivity contribution in [3.05, 3.63) is 23.8 Å². The molecule has 0 aliphatic carbocycles. The number of para-hydroxylation sites is 1. The van der Waals surface area contributed by atoms with Crippen LogP contribution in [0, 0.1) is 0 Å². The van der Waals surface area contributed by atoms with E-state index in [1.807, 2.05) is 6.07 Å². The molecule has 0 bridgehead atoms. The highest BCUT2D eigenvalue weighted by molar-refractivity contribution is 5.93. The molecule has 1 aromatic rings. The fourth-order valence-corrected chi connectivity index (χ4v) is 3.07. The van der Waals surface area contributed by atoms with E-state index in [1.54, 1.807) is 12.1 Å². The number of fused-ring (bicyclic) bond motifs is 1. The minimum Gasteiger partial charge on any atom is -0.489 e. The number of ether oxygens (including phenoxy) is 2. The first kappa shape index (κ1) is 13.2. The number of nitrogens with zero attached hydrogens (tertiary/aromatic N) is 1. The summed E-state index contributed by atoms with van der Waals surface area (Å²) in [7, 11) is 0. The van der Waals surface area contributed by atoms with E-state index >= 15 is 0 Å². The van der Waals surface area contributed by atoms with E-state index in [9.17, 15) is 9.90 Å². The van der Waals surface area contributed by atoms with Gasteiger partial charge in [-0.3, -0.25) is 0 Å². The number of carbonyl (C=O) groups is 1. The van der Waals surface area contributed by atoms with Crippen LogP contribution in [0.4, 0.5) is 5.69 Å². The standard InChI is InChI=1S/C15H19NO4/c1-10-9-11(5-7-19-10)16-6-8-20-14-12(15(17)18)3-2-4-13(14)16/h2-4,10-11H,5-9H2,1H3,(H,17,18). The van der Waals surface area contributed by atoms with Gasteiger partial charge in [-0.25, -0.2) is 4.79 Å². The van der Waals surface area contributed by atoms with Gasteiger partial charge in [-0.05, 0) is 31.9 Å². The Morgan fingerprint density at radius 1 is 1.40 bits per heavy atom. The Labute approximate surface area is 118 Å². The predicted molar refractivity (Wildman–Crippen MR) is 74.7 cm³/mol. The third-order valence-electron chi connectivity index (χ3n) is 4.01. The van der Waals surface area contributed by atoms with Gasteiger partial charge in [-0.15, -0.1) is 0 Å². The normalized spacial score (nSPS) is 25.8. The van der Waals surface area contributed by atoms with Gasteiger partial charge in [0.15, 0.2) is 5.75 Å². The summed E-state index contributed by atoms with van der Waals surface area (Å²) < 4.78 is 11.2. The lowest BCUT2D eigenvalue weighted by Crippen LogP contribution is -2.45. The maximum atomic E-state index is 11.3. The molecule has 1 aromatic carbocycles. The van der Waals surface area contributed by atoms with Crippen molar-refractivity contribution in [1.82, 2.24) is 0 Å². The minimum absolute atomic E-state index is 0.243. The minimum atomic E-state index is -0.941. The number of carboxylic acid groups (broad SMARTS) is 1. The lowest BCUT2D eigenvalue weighted by atomic mass is 10.00. The van der Waals surface area contributed by atoms with Crippen LogP contribution in [0.1, 0.15) is 30.1 Å². The summed E-state index contributed by atoms with van der Waals surface area (Å²) in [4.78, 5) is 13.6. The number of aromatic carboxylic acids is 1. The zero-order valence-electron chi connectivity index (χ0n) is 11.5. The molecule has 2 aliphatic rings. The van der Waals surface area contributed by atoms with Crippen LogP contribution in [-0.4, -0.2) is 43.0 Å². The summed E-state index contributed by atoms with van der Waals surface area (Å²) in [6.45, 7) is 4.18. The van der Waals surface area contributed by atoms with Gasteiger partial charge < -0.3 is 19.5 Å². The summed E-state index contributed by atoms with van der Waals surface area (Å²) in [6.07, 6.45) is 2.19. The van der Waals surface area contributed by atoms with Crippen molar-refractivity contribution in [3.8, 4) is 5.75 Å². The molecule has 2 heterocycles. The molecule has 5 nitrogen and oxygen atoms in total. The first-order chi connectivity index (χ1) is 9.66. The molecule has 2 atom stereocenters. The third-order valence-corrected chi connectivity index (χ3v) is 4.01. The molecule has 2 unspecified atom stereocenters. The monoisotopic (exact) mass is 277 g/mol. The van der Waals surface area contributed by atoms with E-state index in [2.05, 4.69) is 11.8 Å². The SMILES string of the molecule is CC1CC(N2CCOc3c(C(=O)O)cccc32)CCO1. The molecule has 0 amide bonds. The summed E-state index contributed by atoms with van der Waals surface area (Å²) >= 11 is 0. The first-order valence-corrected chi connectivity index (χ1v) is 7.04. The van der Waals surface area contributed by atoms with Crippen molar-refractivity contribution in [1.29, 1.82) is 0 Å². The zero-order chi connectivity index (χ0) is 14.1. The summed E-state index contributed by atoms with van der Waals surface area (Å²) in [5.41, 5.74) is 1.14. The smallest absolute Gasteiger partial charge is 0.339 e. The van der Waals surface area contributed by atoms with Crippen LogP contribution in [0.25, 0.3) is 0 Å². The Morgan fingerprint density at radius 2 is 2.25 bits per heavy atom. The molecule has 3 rings (SSSR count). The average molecular weight is 277 g/mol. The molecule has 2 aliphatic heterocycles. The van der Waals surface area contributed by atoms with Crippen molar-refractivity contribution >= 4 is 11.7 Å². The van der Waals surface area contributed by atoms with Gasteiger partial charge in [0.25, 0.3) is 0 Å². The summed E-state index contributed by atoms with van der Waals surface area (Å²) in [6, 6.07) is 5.72. The summed E-state index contributed by atoms with van der Waals surface area (Å²) in [5, 5.41) is 9.26. The van der Waals surface area contributed by atoms with Gasteiger partial charge in [0.1, 0.15) is 12.2 Å². The lowest BCUT2D eigenvalue weighted by molar-refractivity contribution is 0.0175. The first-order valence-electron chi connectivity index (χ1n) is 7.04. The molecule has 108 valence electrons. The second kappa shape index (κ2) is 5.32. The lowest BCUT2D eigenvalue weighted by Gasteiger charge is -2.41. The summed E-state index contributed by atoms with van der Waals surface area (Å²) in [5.74, 6) is -0.436. The van der Waals surface area contributed by atoms with Crippen molar-refractivity contribution in [3.63, 3.8) is 0 Å².